The number of nitrogens with zero attached hydrogens (tertiary/aromatic N) is 1. The fraction of sp³-hybridized carbons (Fsp3) is 1.00. The van der Waals surface area contributed by atoms with Crippen LogP contribution in [0.5, 0.6) is 0 Å². The van der Waals surface area contributed by atoms with Gasteiger partial charge in [-0.3, -0.25) is 0 Å². The maximum Gasteiger partial charge on any atom is 0.0855 e. The van der Waals surface area contributed by atoms with Gasteiger partial charge in [0.1, 0.15) is 0 Å². The average Bonchev–Trinajstić information content (AvgIpc) is 1.88. The summed E-state index contributed by atoms with van der Waals surface area (Å²) < 4.78 is 1.12. The van der Waals surface area contributed by atoms with Crippen LogP contribution < -0.4 is 0 Å². The van der Waals surface area contributed by atoms with Crippen LogP contribution >= 0.6 is 10.9 Å². The van der Waals surface area contributed by atoms with E-state index in [1.54, 1.807) is 0 Å². The first-order valence-corrected chi connectivity index (χ1v) is 6.42. The molecule has 0 bridgehead atoms. The van der Waals surface area contributed by atoms with E-state index in [0.29, 0.717) is 10.9 Å². The molecule has 0 unspecified atom stereocenters. The van der Waals surface area contributed by atoms with Crippen molar-refractivity contribution >= 4 is 10.9 Å². The van der Waals surface area contributed by atoms with Gasteiger partial charge in [-0.05, 0) is 11.5 Å². The zero-order chi connectivity index (χ0) is 8.91. The highest BCUT2D eigenvalue weighted by Crippen LogP contribution is 2.23. The molecular weight excluding hydrogens is 154 g/mol. The number of hydrogen-bond donors (Lipinski definition) is 1. The summed E-state index contributed by atoms with van der Waals surface area (Å²) >= 11 is 0. The van der Waals surface area contributed by atoms with Crippen LogP contribution in [0.3, 0.4) is 0 Å². The minimum atomic E-state index is 0.364. The van der Waals surface area contributed by atoms with Gasteiger partial charge in [-0.25, -0.2) is 10.9 Å². The molecule has 0 rings (SSSR count). The molecule has 0 aliphatic heterocycles. The molecule has 0 fully saturated rings. The van der Waals surface area contributed by atoms with Crippen molar-refractivity contribution in [1.82, 2.24) is 0 Å². The van der Waals surface area contributed by atoms with Crippen molar-refractivity contribution in [3.8, 4) is 0 Å². The molecule has 2 heteroatoms. The fourth-order valence-electron chi connectivity index (χ4n) is 0.981. The van der Waals surface area contributed by atoms with Crippen LogP contribution in [0.15, 0.2) is 0 Å². The van der Waals surface area contributed by atoms with Crippen LogP contribution in [-0.2, 0) is 0 Å². The van der Waals surface area contributed by atoms with Gasteiger partial charge in [0.05, 0.1) is 27.7 Å². The lowest BCUT2D eigenvalue weighted by Gasteiger charge is -2.27. The molecule has 0 aromatic rings. The minimum Gasteiger partial charge on any atom is -0.330 e. The second-order valence-electron chi connectivity index (χ2n) is 4.04. The Labute approximate surface area is 74.7 Å². The quantitative estimate of drug-likeness (QED) is 0.481. The Kier molecular flexibility index (Phi) is 5.19. The van der Waals surface area contributed by atoms with E-state index in [4.69, 9.17) is 0 Å². The van der Waals surface area contributed by atoms with Gasteiger partial charge in [0, 0.05) is 5.75 Å². The zero-order valence-electron chi connectivity index (χ0n) is 8.72. The highest BCUT2D eigenvalue weighted by atomic mass is 32.2. The third-order valence-electron chi connectivity index (χ3n) is 1.98. The lowest BCUT2D eigenvalue weighted by molar-refractivity contribution is -0.867. The summed E-state index contributed by atoms with van der Waals surface area (Å²) in [4.78, 5) is 0. The first kappa shape index (κ1) is 11.3. The van der Waals surface area contributed by atoms with Gasteiger partial charge >= 0.3 is 0 Å². The van der Waals surface area contributed by atoms with Crippen molar-refractivity contribution in [2.45, 2.75) is 13.8 Å². The molecule has 0 aliphatic rings. The summed E-state index contributed by atoms with van der Waals surface area (Å²) in [5, 5.41) is 0. The topological polar surface area (TPSA) is 0 Å². The number of rotatable bonds is 5. The highest BCUT2D eigenvalue weighted by molar-refractivity contribution is 8.17. The third-order valence-corrected chi connectivity index (χ3v) is 4.60. The predicted octanol–water partition coefficient (Wildman–Crippen LogP) is 1.73. The summed E-state index contributed by atoms with van der Waals surface area (Å²) in [5.74, 6) is 4.27. The van der Waals surface area contributed by atoms with E-state index >= 15 is 0 Å². The van der Waals surface area contributed by atoms with Crippen LogP contribution in [0.4, 0.5) is 0 Å². The van der Waals surface area contributed by atoms with E-state index in [9.17, 15) is 0 Å². The fourth-order valence-corrected chi connectivity index (χ4v) is 2.94. The lowest BCUT2D eigenvalue weighted by Crippen LogP contribution is -2.37. The van der Waals surface area contributed by atoms with Gasteiger partial charge in [-0.2, -0.15) is 0 Å². The Hall–Kier alpha value is 0.310. The molecule has 0 saturated carbocycles. The summed E-state index contributed by atoms with van der Waals surface area (Å²) in [6.07, 6.45) is 0. The normalized spacial score (nSPS) is 13.4. The molecule has 0 N–H and O–H groups in total. The van der Waals surface area contributed by atoms with E-state index in [1.165, 1.54) is 23.8 Å². The smallest absolute Gasteiger partial charge is 0.0855 e. The van der Waals surface area contributed by atoms with E-state index in [-0.39, 0.29) is 0 Å². The van der Waals surface area contributed by atoms with Crippen LogP contribution in [0.2, 0.25) is 0 Å². The summed E-state index contributed by atoms with van der Waals surface area (Å²) in [5.41, 5.74) is 0. The lowest BCUT2D eigenvalue weighted by atomic mass is 10.6. The van der Waals surface area contributed by atoms with Gasteiger partial charge in [0.25, 0.3) is 0 Å². The Morgan fingerprint density at radius 1 is 1.00 bits per heavy atom. The molecule has 0 heterocycles. The highest BCUT2D eigenvalue weighted by Gasteiger charge is 2.08. The van der Waals surface area contributed by atoms with Crippen molar-refractivity contribution in [3.63, 3.8) is 0 Å². The van der Waals surface area contributed by atoms with E-state index in [1.807, 2.05) is 0 Å². The second-order valence-corrected chi connectivity index (χ2v) is 7.09. The summed E-state index contributed by atoms with van der Waals surface area (Å²) in [6.45, 7) is 5.99. The molecule has 1 nitrogen and oxygen atoms in total. The van der Waals surface area contributed by atoms with Crippen molar-refractivity contribution in [3.05, 3.63) is 0 Å². The van der Waals surface area contributed by atoms with Gasteiger partial charge in [0.15, 0.2) is 0 Å². The Morgan fingerprint density at radius 3 is 1.73 bits per heavy atom. The largest absolute Gasteiger partial charge is 0.330 e. The molecular formula is C9H24NS+. The maximum atomic E-state index is 2.32. The molecule has 11 heavy (non-hydrogen) atoms. The monoisotopic (exact) mass is 178 g/mol. The first-order chi connectivity index (χ1) is 4.99. The second kappa shape index (κ2) is 5.04. The number of hydrogen-bond acceptors (Lipinski definition) is 0. The van der Waals surface area contributed by atoms with Crippen LogP contribution in [0.1, 0.15) is 13.8 Å². The summed E-state index contributed by atoms with van der Waals surface area (Å²) in [6, 6.07) is 0. The Morgan fingerprint density at radius 2 is 1.45 bits per heavy atom. The number of thiol groups is 1. The molecule has 0 aromatic heterocycles. The molecule has 0 atom stereocenters. The molecule has 0 amide bonds. The molecule has 0 spiro atoms. The van der Waals surface area contributed by atoms with Gasteiger partial charge in [0.2, 0.25) is 0 Å². The molecule has 0 aromatic carbocycles. The summed E-state index contributed by atoms with van der Waals surface area (Å²) in [7, 11) is 7.19. The van der Waals surface area contributed by atoms with Crippen molar-refractivity contribution in [1.29, 1.82) is 0 Å². The Bertz CT molecular complexity index is 92.2. The first-order valence-electron chi connectivity index (χ1n) is 4.52. The third kappa shape index (κ3) is 6.70. The van der Waals surface area contributed by atoms with Crippen LogP contribution in [0.25, 0.3) is 0 Å². The van der Waals surface area contributed by atoms with Crippen molar-refractivity contribution < 1.29 is 4.48 Å². The molecule has 70 valence electrons. The minimum absolute atomic E-state index is 0.364. The predicted molar refractivity (Wildman–Crippen MR) is 57.8 cm³/mol. The van der Waals surface area contributed by atoms with Crippen molar-refractivity contribution in [2.75, 3.05) is 44.9 Å². The van der Waals surface area contributed by atoms with Crippen LogP contribution in [-0.4, -0.2) is 49.4 Å². The zero-order valence-corrected chi connectivity index (χ0v) is 9.62. The van der Waals surface area contributed by atoms with E-state index in [0.717, 1.165) is 4.48 Å². The average molecular weight is 178 g/mol. The van der Waals surface area contributed by atoms with E-state index < -0.39 is 0 Å². The standard InChI is InChI=1S/C9H24NS/c1-6-11(7-2)9-8-10(3,4)5/h11H,6-9H2,1-5H3/q+1. The molecule has 0 saturated heterocycles. The molecule has 0 aliphatic carbocycles. The van der Waals surface area contributed by atoms with E-state index in [2.05, 4.69) is 35.0 Å². The van der Waals surface area contributed by atoms with Gasteiger partial charge in [-0.1, -0.05) is 13.8 Å². The van der Waals surface area contributed by atoms with Crippen LogP contribution in [0, 0.1) is 0 Å². The Balaban J connectivity index is 3.51. The molecule has 0 radical (unpaired) electrons. The van der Waals surface area contributed by atoms with Crippen molar-refractivity contribution in [2.24, 2.45) is 0 Å². The SMILES string of the molecule is CC[SH](CC)CC[N+](C)(C)C. The number of quaternary nitrogens is 1. The maximum absolute atomic E-state index is 2.32. The van der Waals surface area contributed by atoms with Gasteiger partial charge in [-0.15, -0.1) is 0 Å². The van der Waals surface area contributed by atoms with Gasteiger partial charge < -0.3 is 4.48 Å².